The maximum Gasteiger partial charge on any atom is 0.244 e. The van der Waals surface area contributed by atoms with Crippen molar-refractivity contribution in [3.05, 3.63) is 42.0 Å². The molecule has 118 valence electrons. The minimum Gasteiger partial charge on any atom is -0.342 e. The maximum atomic E-state index is 12.8. The van der Waals surface area contributed by atoms with Crippen LogP contribution in [-0.2, 0) is 19.5 Å². The molecule has 2 saturated heterocycles. The zero-order valence-electron chi connectivity index (χ0n) is 12.8. The van der Waals surface area contributed by atoms with Crippen molar-refractivity contribution in [3.63, 3.8) is 0 Å². The molecule has 2 heterocycles. The molecule has 0 bridgehead atoms. The monoisotopic (exact) mass is 321 g/mol. The molecule has 0 aromatic heterocycles. The molecule has 1 aliphatic carbocycles. The highest BCUT2D eigenvalue weighted by Crippen LogP contribution is 2.47. The van der Waals surface area contributed by atoms with E-state index in [1.165, 1.54) is 4.31 Å². The summed E-state index contributed by atoms with van der Waals surface area (Å²) in [6.07, 6.45) is 3.44. The van der Waals surface area contributed by atoms with E-state index in [0.29, 0.717) is 4.90 Å². The van der Waals surface area contributed by atoms with Crippen molar-refractivity contribution in [1.82, 2.24) is 4.31 Å². The third-order valence-corrected chi connectivity index (χ3v) is 6.35. The fourth-order valence-corrected chi connectivity index (χ4v) is 5.14. The van der Waals surface area contributed by atoms with E-state index in [1.54, 1.807) is 12.1 Å². The van der Waals surface area contributed by atoms with Crippen molar-refractivity contribution in [1.29, 1.82) is 0 Å². The van der Waals surface area contributed by atoms with Gasteiger partial charge in [-0.25, -0.2) is 8.42 Å². The van der Waals surface area contributed by atoms with Gasteiger partial charge >= 0.3 is 0 Å². The van der Waals surface area contributed by atoms with Crippen LogP contribution < -0.4 is 0 Å². The molecule has 1 aromatic rings. The number of hydrogen-bond donors (Lipinski definition) is 0. The van der Waals surface area contributed by atoms with E-state index in [2.05, 4.69) is 0 Å². The normalized spacial score (nSPS) is 38.4. The Morgan fingerprint density at radius 3 is 2.45 bits per heavy atom. The summed E-state index contributed by atoms with van der Waals surface area (Å²) >= 11 is 0. The Kier molecular flexibility index (Phi) is 2.89. The number of hydrogen-bond acceptors (Lipinski definition) is 4. The predicted octanol–water partition coefficient (Wildman–Crippen LogP) is 1.83. The summed E-state index contributed by atoms with van der Waals surface area (Å²) in [6, 6.07) is 6.67. The summed E-state index contributed by atoms with van der Waals surface area (Å²) < 4.78 is 38.9. The van der Waals surface area contributed by atoms with Crippen LogP contribution in [0.4, 0.5) is 0 Å². The first-order valence-corrected chi connectivity index (χ1v) is 8.88. The van der Waals surface area contributed by atoms with E-state index in [9.17, 15) is 8.42 Å². The second kappa shape index (κ2) is 4.41. The van der Waals surface area contributed by atoms with Gasteiger partial charge in [0.15, 0.2) is 5.79 Å². The van der Waals surface area contributed by atoms with Crippen molar-refractivity contribution >= 4 is 10.0 Å². The molecule has 6 heteroatoms. The summed E-state index contributed by atoms with van der Waals surface area (Å²) in [6.45, 7) is 5.65. The first-order chi connectivity index (χ1) is 10.3. The smallest absolute Gasteiger partial charge is 0.244 e. The lowest BCUT2D eigenvalue weighted by atomic mass is 10.0. The molecule has 5 atom stereocenters. The van der Waals surface area contributed by atoms with E-state index < -0.39 is 15.8 Å². The molecule has 22 heavy (non-hydrogen) atoms. The Balaban J connectivity index is 1.64. The van der Waals surface area contributed by atoms with E-state index in [4.69, 9.17) is 9.47 Å². The van der Waals surface area contributed by atoms with Gasteiger partial charge in [0.05, 0.1) is 17.0 Å². The van der Waals surface area contributed by atoms with Gasteiger partial charge in [-0.3, -0.25) is 0 Å². The van der Waals surface area contributed by atoms with Crippen LogP contribution in [0.3, 0.4) is 0 Å². The summed E-state index contributed by atoms with van der Waals surface area (Å²) in [4.78, 5) is 0.329. The lowest BCUT2D eigenvalue weighted by Crippen LogP contribution is -2.32. The van der Waals surface area contributed by atoms with Crippen LogP contribution in [0.5, 0.6) is 0 Å². The molecule has 0 saturated carbocycles. The Morgan fingerprint density at radius 1 is 1.09 bits per heavy atom. The van der Waals surface area contributed by atoms with Crippen LogP contribution in [-0.4, -0.2) is 42.8 Å². The molecule has 1 unspecified atom stereocenters. The number of rotatable bonds is 2. The van der Waals surface area contributed by atoms with Crippen LogP contribution in [0.2, 0.25) is 0 Å². The summed E-state index contributed by atoms with van der Waals surface area (Å²) in [7, 11) is -3.49. The molecule has 2 fully saturated rings. The van der Waals surface area contributed by atoms with Crippen LogP contribution >= 0.6 is 0 Å². The van der Waals surface area contributed by atoms with Gasteiger partial charge in [0.1, 0.15) is 12.2 Å². The van der Waals surface area contributed by atoms with Gasteiger partial charge in [0, 0.05) is 0 Å². The fraction of sp³-hybridized carbons (Fsp3) is 0.500. The minimum atomic E-state index is -3.49. The van der Waals surface area contributed by atoms with Gasteiger partial charge in [-0.15, -0.1) is 0 Å². The summed E-state index contributed by atoms with van der Waals surface area (Å²) in [5.74, 6) is -0.670. The SMILES string of the molecule is Cc1ccc(S(=O)(=O)N2[C@H]3[C@@H]4OC(C)(C)O[C@@H]4C=C[C@H]32)cc1. The molecule has 1 aromatic carbocycles. The first kappa shape index (κ1) is 14.4. The number of ether oxygens (including phenoxy) is 2. The number of sulfonamides is 1. The molecule has 4 rings (SSSR count). The highest BCUT2D eigenvalue weighted by atomic mass is 32.2. The van der Waals surface area contributed by atoms with E-state index in [-0.39, 0.29) is 24.3 Å². The van der Waals surface area contributed by atoms with Gasteiger partial charge in [-0.1, -0.05) is 29.8 Å². The van der Waals surface area contributed by atoms with Crippen molar-refractivity contribution in [2.75, 3.05) is 0 Å². The molecule has 0 radical (unpaired) electrons. The highest BCUT2D eigenvalue weighted by molar-refractivity contribution is 7.89. The Labute approximate surface area is 130 Å². The van der Waals surface area contributed by atoms with E-state index in [0.717, 1.165) is 5.56 Å². The van der Waals surface area contributed by atoms with Gasteiger partial charge < -0.3 is 9.47 Å². The zero-order chi connectivity index (χ0) is 15.7. The number of aryl methyl sites for hydroxylation is 1. The standard InChI is InChI=1S/C16H19NO4S/c1-10-4-6-11(7-5-10)22(18,19)17-12-8-9-13-15(14(12)17)21-16(2,3)20-13/h4-9,12-15H,1-3H3/t12-,13-,14-,15-,17?/m1/s1. The maximum absolute atomic E-state index is 12.8. The van der Waals surface area contributed by atoms with Gasteiger partial charge in [-0.2, -0.15) is 4.31 Å². The number of fused-ring (bicyclic) bond motifs is 3. The van der Waals surface area contributed by atoms with E-state index in [1.807, 2.05) is 45.1 Å². The average molecular weight is 321 g/mol. The quantitative estimate of drug-likeness (QED) is 0.616. The van der Waals surface area contributed by atoms with Crippen LogP contribution in [0.25, 0.3) is 0 Å². The molecule has 3 aliphatic rings. The Hall–Kier alpha value is -1.21. The Morgan fingerprint density at radius 2 is 1.77 bits per heavy atom. The van der Waals surface area contributed by atoms with Crippen LogP contribution in [0.15, 0.2) is 41.3 Å². The largest absolute Gasteiger partial charge is 0.342 e. The van der Waals surface area contributed by atoms with Crippen LogP contribution in [0.1, 0.15) is 19.4 Å². The number of benzene rings is 1. The molecule has 5 nitrogen and oxygen atoms in total. The second-order valence-electron chi connectivity index (χ2n) is 6.58. The van der Waals surface area contributed by atoms with Crippen molar-refractivity contribution in [2.45, 2.75) is 55.7 Å². The third-order valence-electron chi connectivity index (χ3n) is 4.44. The molecule has 2 aliphatic heterocycles. The topological polar surface area (TPSA) is 55.6 Å². The molecule has 0 spiro atoms. The molecule has 0 amide bonds. The summed E-state index contributed by atoms with van der Waals surface area (Å²) in [5.41, 5.74) is 1.04. The Bertz CT molecular complexity index is 738. The summed E-state index contributed by atoms with van der Waals surface area (Å²) in [5, 5.41) is 0. The minimum absolute atomic E-state index is 0.120. The highest BCUT2D eigenvalue weighted by Gasteiger charge is 2.64. The average Bonchev–Trinajstić information content (AvgIpc) is 3.09. The zero-order valence-corrected chi connectivity index (χ0v) is 13.6. The van der Waals surface area contributed by atoms with E-state index >= 15 is 0 Å². The molecular weight excluding hydrogens is 302 g/mol. The lowest BCUT2D eigenvalue weighted by Gasteiger charge is -2.17. The molecule has 0 N–H and O–H groups in total. The fourth-order valence-electron chi connectivity index (χ4n) is 3.39. The lowest BCUT2D eigenvalue weighted by molar-refractivity contribution is -0.143. The van der Waals surface area contributed by atoms with Gasteiger partial charge in [0.25, 0.3) is 0 Å². The molecular formula is C16H19NO4S. The van der Waals surface area contributed by atoms with Crippen molar-refractivity contribution < 1.29 is 17.9 Å². The number of nitrogens with zero attached hydrogens (tertiary/aromatic N) is 1. The predicted molar refractivity (Wildman–Crippen MR) is 80.7 cm³/mol. The van der Waals surface area contributed by atoms with Gasteiger partial charge in [0.2, 0.25) is 10.0 Å². The van der Waals surface area contributed by atoms with Crippen molar-refractivity contribution in [3.8, 4) is 0 Å². The first-order valence-electron chi connectivity index (χ1n) is 7.44. The van der Waals surface area contributed by atoms with Crippen LogP contribution in [0, 0.1) is 6.92 Å². The van der Waals surface area contributed by atoms with Gasteiger partial charge in [-0.05, 0) is 32.9 Å². The van der Waals surface area contributed by atoms with Crippen molar-refractivity contribution in [2.24, 2.45) is 0 Å². The second-order valence-corrected chi connectivity index (χ2v) is 8.42. The third kappa shape index (κ3) is 2.06.